The van der Waals surface area contributed by atoms with Crippen molar-refractivity contribution >= 4 is 11.9 Å². The monoisotopic (exact) mass is 253 g/mol. The van der Waals surface area contributed by atoms with Gasteiger partial charge in [0.1, 0.15) is 5.41 Å². The summed E-state index contributed by atoms with van der Waals surface area (Å²) in [6.45, 7) is 2.15. The predicted octanol–water partition coefficient (Wildman–Crippen LogP) is 0.292. The lowest BCUT2D eigenvalue weighted by molar-refractivity contribution is -0.149. The number of carboxylic acids is 1. The number of rotatable bonds is 6. The van der Waals surface area contributed by atoms with Gasteiger partial charge >= 0.3 is 5.97 Å². The molecule has 1 heterocycles. The van der Waals surface area contributed by atoms with Gasteiger partial charge < -0.3 is 14.9 Å². The zero-order valence-electron chi connectivity index (χ0n) is 10.1. The number of carboxylic acid groups (broad SMARTS) is 1. The largest absolute Gasteiger partial charge is 0.480 e. The van der Waals surface area contributed by atoms with Crippen molar-refractivity contribution in [3.05, 3.63) is 11.7 Å². The van der Waals surface area contributed by atoms with Gasteiger partial charge in [-0.15, -0.1) is 0 Å². The molecule has 7 nitrogen and oxygen atoms in total. The SMILES string of the molecule is Cc1noc(CCCNC(=O)C2(C(=O)O)CC2)n1. The van der Waals surface area contributed by atoms with Crippen LogP contribution in [0.4, 0.5) is 0 Å². The molecule has 1 aromatic heterocycles. The van der Waals surface area contributed by atoms with Crippen LogP contribution in [0.1, 0.15) is 31.0 Å². The van der Waals surface area contributed by atoms with Gasteiger partial charge in [-0.05, 0) is 26.2 Å². The fraction of sp³-hybridized carbons (Fsp3) is 0.636. The predicted molar refractivity (Wildman–Crippen MR) is 59.7 cm³/mol. The Morgan fingerprint density at radius 1 is 1.50 bits per heavy atom. The first kappa shape index (κ1) is 12.5. The zero-order valence-corrected chi connectivity index (χ0v) is 10.1. The Balaban J connectivity index is 1.70. The van der Waals surface area contributed by atoms with Crippen LogP contribution in [0.3, 0.4) is 0 Å². The van der Waals surface area contributed by atoms with Crippen LogP contribution in [0.25, 0.3) is 0 Å². The van der Waals surface area contributed by atoms with E-state index in [4.69, 9.17) is 9.63 Å². The van der Waals surface area contributed by atoms with Gasteiger partial charge in [-0.2, -0.15) is 4.98 Å². The van der Waals surface area contributed by atoms with Gasteiger partial charge in [0, 0.05) is 13.0 Å². The normalized spacial score (nSPS) is 16.3. The lowest BCUT2D eigenvalue weighted by Crippen LogP contribution is -2.37. The maximum Gasteiger partial charge on any atom is 0.319 e. The number of aryl methyl sites for hydroxylation is 2. The molecule has 7 heteroatoms. The lowest BCUT2D eigenvalue weighted by atomic mass is 10.1. The van der Waals surface area contributed by atoms with Crippen molar-refractivity contribution in [3.8, 4) is 0 Å². The molecule has 1 saturated carbocycles. The van der Waals surface area contributed by atoms with Crippen molar-refractivity contribution in [1.82, 2.24) is 15.5 Å². The number of nitrogens with one attached hydrogen (secondary N) is 1. The average molecular weight is 253 g/mol. The summed E-state index contributed by atoms with van der Waals surface area (Å²) in [6, 6.07) is 0. The van der Waals surface area contributed by atoms with Crippen LogP contribution in [-0.2, 0) is 16.0 Å². The minimum Gasteiger partial charge on any atom is -0.480 e. The average Bonchev–Trinajstić information content (AvgIpc) is 3.04. The van der Waals surface area contributed by atoms with Gasteiger partial charge in [0.05, 0.1) is 0 Å². The van der Waals surface area contributed by atoms with E-state index in [2.05, 4.69) is 15.5 Å². The Bertz CT molecular complexity index is 465. The topological polar surface area (TPSA) is 105 Å². The van der Waals surface area contributed by atoms with Crippen molar-refractivity contribution < 1.29 is 19.2 Å². The van der Waals surface area contributed by atoms with Crippen molar-refractivity contribution in [3.63, 3.8) is 0 Å². The fourth-order valence-electron chi connectivity index (χ4n) is 1.72. The van der Waals surface area contributed by atoms with Crippen molar-refractivity contribution in [2.45, 2.75) is 32.6 Å². The number of aliphatic carboxylic acids is 1. The molecule has 0 spiro atoms. The van der Waals surface area contributed by atoms with Gasteiger partial charge in [-0.25, -0.2) is 0 Å². The molecule has 0 aromatic carbocycles. The van der Waals surface area contributed by atoms with Crippen LogP contribution in [-0.4, -0.2) is 33.7 Å². The summed E-state index contributed by atoms with van der Waals surface area (Å²) < 4.78 is 4.92. The Labute approximate surface area is 104 Å². The van der Waals surface area contributed by atoms with Gasteiger partial charge in [-0.3, -0.25) is 9.59 Å². The highest BCUT2D eigenvalue weighted by atomic mass is 16.5. The first-order valence-corrected chi connectivity index (χ1v) is 5.85. The summed E-state index contributed by atoms with van der Waals surface area (Å²) in [5.41, 5.74) is -1.17. The first-order valence-electron chi connectivity index (χ1n) is 5.85. The summed E-state index contributed by atoms with van der Waals surface area (Å²) in [4.78, 5) is 26.6. The zero-order chi connectivity index (χ0) is 13.2. The summed E-state index contributed by atoms with van der Waals surface area (Å²) in [5.74, 6) is -0.317. The quantitative estimate of drug-likeness (QED) is 0.557. The third-order valence-electron chi connectivity index (χ3n) is 3.02. The van der Waals surface area contributed by atoms with Crippen LogP contribution >= 0.6 is 0 Å². The number of amides is 1. The molecule has 2 rings (SSSR count). The Hall–Kier alpha value is -1.92. The molecule has 1 fully saturated rings. The molecule has 2 N–H and O–H groups in total. The van der Waals surface area contributed by atoms with Crippen LogP contribution in [0.2, 0.25) is 0 Å². The van der Waals surface area contributed by atoms with Crippen molar-refractivity contribution in [1.29, 1.82) is 0 Å². The van der Waals surface area contributed by atoms with E-state index in [0.717, 1.165) is 0 Å². The molecule has 0 atom stereocenters. The molecule has 0 saturated heterocycles. The van der Waals surface area contributed by atoms with Gasteiger partial charge in [-0.1, -0.05) is 5.16 Å². The molecule has 1 amide bonds. The van der Waals surface area contributed by atoms with Gasteiger partial charge in [0.15, 0.2) is 5.82 Å². The van der Waals surface area contributed by atoms with E-state index in [1.165, 1.54) is 0 Å². The second-order valence-electron chi connectivity index (χ2n) is 4.48. The molecular formula is C11H15N3O4. The molecule has 0 bridgehead atoms. The number of carbonyl (C=O) groups is 2. The summed E-state index contributed by atoms with van der Waals surface area (Å²) in [6.07, 6.45) is 2.07. The maximum atomic E-state index is 11.6. The molecule has 1 aliphatic rings. The van der Waals surface area contributed by atoms with E-state index in [1.807, 2.05) is 0 Å². The van der Waals surface area contributed by atoms with Crippen molar-refractivity contribution in [2.24, 2.45) is 5.41 Å². The molecule has 98 valence electrons. The minimum absolute atomic E-state index is 0.392. The van der Waals surface area contributed by atoms with E-state index in [-0.39, 0.29) is 0 Å². The van der Waals surface area contributed by atoms with Crippen LogP contribution in [0.15, 0.2) is 4.52 Å². The van der Waals surface area contributed by atoms with Crippen molar-refractivity contribution in [2.75, 3.05) is 6.54 Å². The molecular weight excluding hydrogens is 238 g/mol. The van der Waals surface area contributed by atoms with Crippen LogP contribution in [0, 0.1) is 12.3 Å². The minimum atomic E-state index is -1.17. The summed E-state index contributed by atoms with van der Waals surface area (Å²) >= 11 is 0. The third-order valence-corrected chi connectivity index (χ3v) is 3.02. The van der Waals surface area contributed by atoms with Gasteiger partial charge in [0.25, 0.3) is 0 Å². The van der Waals surface area contributed by atoms with E-state index < -0.39 is 17.3 Å². The highest BCUT2D eigenvalue weighted by molar-refractivity contribution is 6.04. The van der Waals surface area contributed by atoms with E-state index in [0.29, 0.717) is 43.9 Å². The van der Waals surface area contributed by atoms with Crippen LogP contribution in [0.5, 0.6) is 0 Å². The number of carbonyl (C=O) groups excluding carboxylic acids is 1. The van der Waals surface area contributed by atoms with E-state index in [1.54, 1.807) is 6.92 Å². The number of hydrogen-bond donors (Lipinski definition) is 2. The highest BCUT2D eigenvalue weighted by Crippen LogP contribution is 2.45. The molecule has 0 aliphatic heterocycles. The first-order chi connectivity index (χ1) is 8.54. The Morgan fingerprint density at radius 3 is 2.72 bits per heavy atom. The Morgan fingerprint density at radius 2 is 2.22 bits per heavy atom. The Kier molecular flexibility index (Phi) is 3.31. The molecule has 1 aliphatic carbocycles. The van der Waals surface area contributed by atoms with E-state index >= 15 is 0 Å². The smallest absolute Gasteiger partial charge is 0.319 e. The lowest BCUT2D eigenvalue weighted by Gasteiger charge is -2.09. The number of aromatic nitrogens is 2. The second-order valence-corrected chi connectivity index (χ2v) is 4.48. The summed E-state index contributed by atoms with van der Waals surface area (Å²) in [7, 11) is 0. The van der Waals surface area contributed by atoms with Crippen LogP contribution < -0.4 is 5.32 Å². The highest BCUT2D eigenvalue weighted by Gasteiger charge is 2.56. The maximum absolute atomic E-state index is 11.6. The third kappa shape index (κ3) is 2.49. The van der Waals surface area contributed by atoms with Gasteiger partial charge in [0.2, 0.25) is 11.8 Å². The standard InChI is InChI=1S/C11H15N3O4/c1-7-13-8(18-14-7)3-2-6-12-9(15)11(4-5-11)10(16)17/h2-6H2,1H3,(H,12,15)(H,16,17). The summed E-state index contributed by atoms with van der Waals surface area (Å²) in [5, 5.41) is 15.2. The van der Waals surface area contributed by atoms with E-state index in [9.17, 15) is 9.59 Å². The molecule has 18 heavy (non-hydrogen) atoms. The molecule has 0 unspecified atom stereocenters. The fourth-order valence-corrected chi connectivity index (χ4v) is 1.72. The molecule has 1 aromatic rings. The molecule has 0 radical (unpaired) electrons. The second kappa shape index (κ2) is 4.75. The number of nitrogens with zero attached hydrogens (tertiary/aromatic N) is 2. The number of hydrogen-bond acceptors (Lipinski definition) is 5.